The van der Waals surface area contributed by atoms with E-state index in [0.29, 0.717) is 0 Å². The summed E-state index contributed by atoms with van der Waals surface area (Å²) < 4.78 is 6.17. The van der Waals surface area contributed by atoms with E-state index in [1.165, 1.54) is 0 Å². The molecule has 2 rings (SSSR count). The lowest BCUT2D eigenvalue weighted by Gasteiger charge is -2.24. The van der Waals surface area contributed by atoms with E-state index < -0.39 is 0 Å². The summed E-state index contributed by atoms with van der Waals surface area (Å²) in [6, 6.07) is 0. The minimum absolute atomic E-state index is 0.735. The van der Waals surface area contributed by atoms with Crippen LogP contribution in [0.5, 0.6) is 0 Å². The molecule has 0 bridgehead atoms. The fourth-order valence-corrected chi connectivity index (χ4v) is 2.79. The predicted octanol–water partition coefficient (Wildman–Crippen LogP) is 1.59. The third kappa shape index (κ3) is 1.97. The van der Waals surface area contributed by atoms with Crippen LogP contribution >= 0.6 is 23.1 Å². The van der Waals surface area contributed by atoms with Crippen molar-refractivity contribution in [2.75, 3.05) is 19.0 Å². The average molecular weight is 202 g/mol. The van der Waals surface area contributed by atoms with Gasteiger partial charge in [0, 0.05) is 11.7 Å². The van der Waals surface area contributed by atoms with Crippen LogP contribution in [0, 0.1) is 12.8 Å². The second-order valence-electron chi connectivity index (χ2n) is 2.80. The molecule has 0 amide bonds. The first-order chi connectivity index (χ1) is 5.84. The zero-order valence-corrected chi connectivity index (χ0v) is 8.45. The molecule has 1 aliphatic rings. The van der Waals surface area contributed by atoms with E-state index in [1.807, 2.05) is 6.92 Å². The SMILES string of the molecule is Cc1nnc(SCC2COC2)s1. The fourth-order valence-electron chi connectivity index (χ4n) is 0.907. The Morgan fingerprint density at radius 1 is 1.58 bits per heavy atom. The van der Waals surface area contributed by atoms with E-state index in [9.17, 15) is 0 Å². The number of ether oxygens (including phenoxy) is 1. The van der Waals surface area contributed by atoms with Gasteiger partial charge in [0.25, 0.3) is 0 Å². The standard InChI is InChI=1S/C7H10N2OS2/c1-5-8-9-7(12-5)11-4-6-2-10-3-6/h6H,2-4H2,1H3. The molecule has 1 saturated heterocycles. The molecule has 5 heteroatoms. The van der Waals surface area contributed by atoms with Crippen molar-refractivity contribution < 1.29 is 4.74 Å². The van der Waals surface area contributed by atoms with E-state index in [1.54, 1.807) is 23.1 Å². The topological polar surface area (TPSA) is 35.0 Å². The summed E-state index contributed by atoms with van der Waals surface area (Å²) in [7, 11) is 0. The minimum atomic E-state index is 0.735. The van der Waals surface area contributed by atoms with Crippen molar-refractivity contribution in [3.05, 3.63) is 5.01 Å². The Bertz CT molecular complexity index is 260. The van der Waals surface area contributed by atoms with Crippen LogP contribution in [0.1, 0.15) is 5.01 Å². The van der Waals surface area contributed by atoms with Crippen LogP contribution < -0.4 is 0 Å². The van der Waals surface area contributed by atoms with Gasteiger partial charge in [-0.2, -0.15) is 0 Å². The van der Waals surface area contributed by atoms with Crippen LogP contribution in [-0.2, 0) is 4.74 Å². The molecule has 12 heavy (non-hydrogen) atoms. The fraction of sp³-hybridized carbons (Fsp3) is 0.714. The molecule has 3 nitrogen and oxygen atoms in total. The zero-order valence-electron chi connectivity index (χ0n) is 6.82. The van der Waals surface area contributed by atoms with Gasteiger partial charge in [-0.25, -0.2) is 0 Å². The molecular formula is C7H10N2OS2. The summed E-state index contributed by atoms with van der Waals surface area (Å²) in [5, 5.41) is 9.04. The first kappa shape index (κ1) is 8.47. The van der Waals surface area contributed by atoms with Gasteiger partial charge in [0.1, 0.15) is 5.01 Å². The van der Waals surface area contributed by atoms with E-state index >= 15 is 0 Å². The molecule has 1 aromatic rings. The molecular weight excluding hydrogens is 192 g/mol. The first-order valence-electron chi connectivity index (χ1n) is 3.85. The van der Waals surface area contributed by atoms with Gasteiger partial charge in [0.15, 0.2) is 4.34 Å². The third-order valence-electron chi connectivity index (χ3n) is 1.66. The van der Waals surface area contributed by atoms with E-state index in [2.05, 4.69) is 10.2 Å². The van der Waals surface area contributed by atoms with Crippen molar-refractivity contribution in [3.63, 3.8) is 0 Å². The number of hydrogen-bond donors (Lipinski definition) is 0. The largest absolute Gasteiger partial charge is 0.381 e. The Labute approximate surface area is 79.5 Å². The van der Waals surface area contributed by atoms with Crippen LogP contribution in [0.4, 0.5) is 0 Å². The third-order valence-corrected chi connectivity index (χ3v) is 3.86. The molecule has 0 atom stereocenters. The molecule has 0 aliphatic carbocycles. The van der Waals surface area contributed by atoms with Crippen molar-refractivity contribution in [1.82, 2.24) is 10.2 Å². The molecule has 0 aromatic carbocycles. The van der Waals surface area contributed by atoms with Gasteiger partial charge >= 0.3 is 0 Å². The van der Waals surface area contributed by atoms with Crippen molar-refractivity contribution >= 4 is 23.1 Å². The molecule has 0 spiro atoms. The first-order valence-corrected chi connectivity index (χ1v) is 5.65. The predicted molar refractivity (Wildman–Crippen MR) is 49.7 cm³/mol. The summed E-state index contributed by atoms with van der Waals surface area (Å²) in [5.74, 6) is 1.86. The lowest BCUT2D eigenvalue weighted by atomic mass is 10.1. The number of aromatic nitrogens is 2. The Kier molecular flexibility index (Phi) is 2.63. The smallest absolute Gasteiger partial charge is 0.174 e. The Morgan fingerprint density at radius 3 is 2.92 bits per heavy atom. The zero-order chi connectivity index (χ0) is 8.39. The monoisotopic (exact) mass is 202 g/mol. The van der Waals surface area contributed by atoms with Crippen LogP contribution in [0.15, 0.2) is 4.34 Å². The summed E-state index contributed by atoms with van der Waals surface area (Å²) in [6.07, 6.45) is 0. The Hall–Kier alpha value is -0.130. The second-order valence-corrected chi connectivity index (χ2v) is 5.25. The Morgan fingerprint density at radius 2 is 2.42 bits per heavy atom. The number of hydrogen-bond acceptors (Lipinski definition) is 5. The second kappa shape index (κ2) is 3.72. The molecule has 0 radical (unpaired) electrons. The van der Waals surface area contributed by atoms with Gasteiger partial charge in [0.2, 0.25) is 0 Å². The normalized spacial score (nSPS) is 17.8. The van der Waals surface area contributed by atoms with Crippen molar-refractivity contribution in [2.45, 2.75) is 11.3 Å². The highest BCUT2D eigenvalue weighted by Crippen LogP contribution is 2.26. The summed E-state index contributed by atoms with van der Waals surface area (Å²) in [5.41, 5.74) is 0. The van der Waals surface area contributed by atoms with Gasteiger partial charge in [-0.1, -0.05) is 23.1 Å². The molecule has 1 aliphatic heterocycles. The van der Waals surface area contributed by atoms with Crippen LogP contribution in [-0.4, -0.2) is 29.2 Å². The molecule has 66 valence electrons. The maximum atomic E-state index is 5.08. The highest BCUT2D eigenvalue weighted by molar-refractivity contribution is 8.01. The maximum absolute atomic E-state index is 5.08. The van der Waals surface area contributed by atoms with Gasteiger partial charge in [-0.15, -0.1) is 10.2 Å². The molecule has 2 heterocycles. The summed E-state index contributed by atoms with van der Waals surface area (Å²) in [6.45, 7) is 3.82. The Balaban J connectivity index is 1.79. The summed E-state index contributed by atoms with van der Waals surface area (Å²) >= 11 is 3.45. The quantitative estimate of drug-likeness (QED) is 0.697. The number of thioether (sulfide) groups is 1. The van der Waals surface area contributed by atoms with Gasteiger partial charge in [-0.3, -0.25) is 0 Å². The molecule has 0 unspecified atom stereocenters. The number of nitrogens with zero attached hydrogens (tertiary/aromatic N) is 2. The number of rotatable bonds is 3. The molecule has 0 N–H and O–H groups in total. The van der Waals surface area contributed by atoms with E-state index in [4.69, 9.17) is 4.74 Å². The van der Waals surface area contributed by atoms with Crippen LogP contribution in [0.3, 0.4) is 0 Å². The van der Waals surface area contributed by atoms with Crippen molar-refractivity contribution in [1.29, 1.82) is 0 Å². The van der Waals surface area contributed by atoms with Crippen LogP contribution in [0.2, 0.25) is 0 Å². The van der Waals surface area contributed by atoms with Gasteiger partial charge in [-0.05, 0) is 6.92 Å². The van der Waals surface area contributed by atoms with Gasteiger partial charge in [0.05, 0.1) is 13.2 Å². The van der Waals surface area contributed by atoms with Crippen molar-refractivity contribution in [3.8, 4) is 0 Å². The average Bonchev–Trinajstić information content (AvgIpc) is 2.32. The highest BCUT2D eigenvalue weighted by atomic mass is 32.2. The molecule has 0 saturated carbocycles. The van der Waals surface area contributed by atoms with Crippen LogP contribution in [0.25, 0.3) is 0 Å². The lowest BCUT2D eigenvalue weighted by molar-refractivity contribution is -0.0196. The van der Waals surface area contributed by atoms with E-state index in [-0.39, 0.29) is 0 Å². The van der Waals surface area contributed by atoms with E-state index in [0.717, 1.165) is 34.2 Å². The van der Waals surface area contributed by atoms with Gasteiger partial charge < -0.3 is 4.74 Å². The molecule has 1 aromatic heterocycles. The lowest BCUT2D eigenvalue weighted by Crippen LogP contribution is -2.29. The minimum Gasteiger partial charge on any atom is -0.381 e. The highest BCUT2D eigenvalue weighted by Gasteiger charge is 2.18. The summed E-state index contributed by atoms with van der Waals surface area (Å²) in [4.78, 5) is 0. The van der Waals surface area contributed by atoms with Crippen molar-refractivity contribution in [2.24, 2.45) is 5.92 Å². The molecule has 1 fully saturated rings. The number of aryl methyl sites for hydroxylation is 1. The maximum Gasteiger partial charge on any atom is 0.174 e.